The predicted molar refractivity (Wildman–Crippen MR) is 309 cm³/mol. The van der Waals surface area contributed by atoms with Gasteiger partial charge in [-0.1, -0.05) is 51.5 Å². The minimum absolute atomic E-state index is 0. The summed E-state index contributed by atoms with van der Waals surface area (Å²) >= 11 is 3.46. The van der Waals surface area contributed by atoms with Crippen LogP contribution in [0.15, 0.2) is 75.4 Å². The number of carboxylic acids is 2. The molecule has 4 rings (SSSR count). The molecule has 0 atom stereocenters. The summed E-state index contributed by atoms with van der Waals surface area (Å²) in [6.45, 7) is 19.2. The molecular weight excluding hydrogens is 1210 g/mol. The molecule has 0 fully saturated rings. The number of amides is 3. The van der Waals surface area contributed by atoms with Crippen molar-refractivity contribution in [1.29, 1.82) is 0 Å². The van der Waals surface area contributed by atoms with E-state index in [2.05, 4.69) is 64.5 Å². The molecule has 4 heterocycles. The largest absolute Gasteiger partial charge is 1.00 e. The number of aromatic carboxylic acids is 2. The number of aliphatic hydroxyl groups is 1. The summed E-state index contributed by atoms with van der Waals surface area (Å²) in [4.78, 5) is 102. The molecule has 87 heavy (non-hydrogen) atoms. The van der Waals surface area contributed by atoms with Crippen molar-refractivity contribution in [1.82, 2.24) is 18.3 Å². The molecule has 36 heteroatoms. The SMILES string of the molecule is C.C=CCO.C=CCOC(=O)Nc1cn(C)c(C(=O)O)c1OC.C=CCOC(=O)Nc1cn(C)c(C(=O)OCC)c1O.C=CCOC(=O)Nc1cn(C)c(C(=O)OCC)c1OC.CCOC(=O)c1c(O)c(C(=O)O)cn1C.O=CO[O-].[2H]CS.[Na+].[Na+].[Na].[OH-]. The van der Waals surface area contributed by atoms with E-state index in [9.17, 15) is 48.6 Å². The molecule has 0 aromatic carbocycles. The monoisotopic (exact) mass is 1290 g/mol. The van der Waals surface area contributed by atoms with E-state index >= 15 is 0 Å². The van der Waals surface area contributed by atoms with Crippen molar-refractivity contribution in [2.45, 2.75) is 28.2 Å². The minimum atomic E-state index is -1.29. The molecule has 4 aromatic heterocycles. The first-order valence-electron chi connectivity index (χ1n) is 23.7. The Morgan fingerprint density at radius 2 is 0.874 bits per heavy atom. The van der Waals surface area contributed by atoms with Crippen LogP contribution in [0.2, 0.25) is 0 Å². The van der Waals surface area contributed by atoms with Crippen LogP contribution in [0, 0.1) is 0 Å². The third-order valence-corrected chi connectivity index (χ3v) is 8.70. The maximum atomic E-state index is 11.8. The van der Waals surface area contributed by atoms with Crippen LogP contribution in [0.4, 0.5) is 31.4 Å². The zero-order valence-corrected chi connectivity index (χ0v) is 56.8. The molecular formula is C51H75N7Na3O25S. The number of carbonyl (C=O) groups excluding carboxylic acids is 7. The van der Waals surface area contributed by atoms with Crippen LogP contribution in [-0.2, 0) is 66.3 Å². The number of carbonyl (C=O) groups is 9. The Morgan fingerprint density at radius 3 is 1.16 bits per heavy atom. The fourth-order valence-electron chi connectivity index (χ4n) is 5.68. The maximum Gasteiger partial charge on any atom is 1.00 e. The zero-order valence-electron chi connectivity index (χ0n) is 50.9. The molecule has 0 aliphatic carbocycles. The number of carboxylic acid groups (broad SMARTS) is 2. The van der Waals surface area contributed by atoms with Crippen LogP contribution in [0.25, 0.3) is 0 Å². The number of rotatable bonds is 21. The summed E-state index contributed by atoms with van der Waals surface area (Å²) in [6.07, 6.45) is 9.29. The Morgan fingerprint density at radius 1 is 0.586 bits per heavy atom. The van der Waals surface area contributed by atoms with Crippen LogP contribution in [-0.4, -0.2) is 200 Å². The second-order valence-electron chi connectivity index (χ2n) is 14.2. The molecule has 0 bridgehead atoms. The van der Waals surface area contributed by atoms with Crippen LogP contribution in [0.3, 0.4) is 0 Å². The summed E-state index contributed by atoms with van der Waals surface area (Å²) in [5, 5.41) is 60.4. The molecule has 0 spiro atoms. The van der Waals surface area contributed by atoms with Gasteiger partial charge in [-0.3, -0.25) is 20.7 Å². The standard InChI is InChI=1S/C13H18N2O5.C12H16N2O5.C11H14N2O5.C9H11NO5.C3H6O.CH2O3.CH4S.CH4.3Na.H2O/c1-5-7-20-13(17)14-9-8-15(3)10(11(9)18-4)12(16)19-6-2;1-4-6-19-12(17)13-8-7-14(3)9(10(8)15)11(16)18-5-2;1-4-5-18-11(16)12-7-6-13(2)8(10(14)15)9(7)17-3;1-3-15-9(14)6-7(11)5(8(12)13)4-10(6)2;1-2-3-4;2-1-4-3;1-2;;;;;/h5,8H,1,6-7H2,2-4H3,(H,14,17);4,7,15H,1,5-6H2,2-3H3,(H,13,17);4,6H,1,5H2,2-3H3,(H,12,16)(H,14,15);4,11H,3H2,1-2H3,(H,12,13);2,4H,1,3H2;1,3H;2H,1H3;1H4;;;;1H2/q;;;;;;;;;2*+1;/p-2/i;;;;;;1D;;;;;. The smallest absolute Gasteiger partial charge is 0.870 e. The van der Waals surface area contributed by atoms with Crippen molar-refractivity contribution in [2.75, 3.05) is 82.6 Å². The number of aromatic hydroxyl groups is 2. The van der Waals surface area contributed by atoms with Gasteiger partial charge in [0, 0.05) is 83.9 Å². The van der Waals surface area contributed by atoms with E-state index in [-0.39, 0.29) is 217 Å². The van der Waals surface area contributed by atoms with Crippen molar-refractivity contribution >= 4 is 114 Å². The number of aliphatic hydroxyl groups excluding tert-OH is 1. The fourth-order valence-corrected chi connectivity index (χ4v) is 5.68. The molecule has 32 nitrogen and oxygen atoms in total. The van der Waals surface area contributed by atoms with E-state index in [1.807, 2.05) is 0 Å². The Labute approximate surface area is 575 Å². The molecule has 0 aliphatic rings. The fraction of sp³-hybridized carbons (Fsp3) is 0.353. The minimum Gasteiger partial charge on any atom is -0.870 e. The number of anilines is 3. The Balaban J connectivity index is -0.000000150. The van der Waals surface area contributed by atoms with Gasteiger partial charge in [0.25, 0.3) is 6.47 Å². The molecule has 0 saturated heterocycles. The second kappa shape index (κ2) is 55.7. The normalized spacial score (nSPS) is 8.85. The summed E-state index contributed by atoms with van der Waals surface area (Å²) < 4.78 is 50.3. The molecule has 4 aromatic rings. The average Bonchev–Trinajstić information content (AvgIpc) is 3.75. The van der Waals surface area contributed by atoms with Gasteiger partial charge in [-0.15, -0.1) is 6.58 Å². The average molecular weight is 1290 g/mol. The third kappa shape index (κ3) is 34.9. The molecule has 473 valence electrons. The molecule has 0 saturated carbocycles. The van der Waals surface area contributed by atoms with Crippen molar-refractivity contribution in [3.05, 3.63) is 104 Å². The van der Waals surface area contributed by atoms with E-state index in [0.717, 1.165) is 6.20 Å². The molecule has 0 unspecified atom stereocenters. The summed E-state index contributed by atoms with van der Waals surface area (Å²) in [6, 6.07) is 0. The van der Waals surface area contributed by atoms with E-state index < -0.39 is 53.9 Å². The first-order valence-corrected chi connectivity index (χ1v) is 23.6. The number of nitrogens with zero attached hydrogens (tertiary/aromatic N) is 4. The van der Waals surface area contributed by atoms with Gasteiger partial charge in [0.15, 0.2) is 45.8 Å². The van der Waals surface area contributed by atoms with Gasteiger partial charge in [0.2, 0.25) is 0 Å². The van der Waals surface area contributed by atoms with Gasteiger partial charge in [0.05, 0.1) is 40.6 Å². The Kier molecular flexibility index (Phi) is 60.1. The Hall–Kier alpha value is -6.86. The van der Waals surface area contributed by atoms with Crippen LogP contribution in [0.5, 0.6) is 23.0 Å². The quantitative estimate of drug-likeness (QED) is 0.00698. The summed E-state index contributed by atoms with van der Waals surface area (Å²) in [5.41, 5.74) is 0.263. The number of nitrogens with one attached hydrogen (secondary N) is 3. The summed E-state index contributed by atoms with van der Waals surface area (Å²) in [5.74, 6) is -5.03. The molecule has 9 N–H and O–H groups in total. The van der Waals surface area contributed by atoms with Crippen molar-refractivity contribution in [3.8, 4) is 23.0 Å². The first-order chi connectivity index (χ1) is 39.3. The number of methoxy groups -OCH3 is 2. The van der Waals surface area contributed by atoms with E-state index in [1.165, 1.54) is 83.3 Å². The van der Waals surface area contributed by atoms with E-state index in [1.54, 1.807) is 41.1 Å². The van der Waals surface area contributed by atoms with Gasteiger partial charge in [-0.2, -0.15) is 12.6 Å². The zero-order chi connectivity index (χ0) is 64.4. The molecule has 3 amide bonds. The number of hydrogen-bond acceptors (Lipinski definition) is 24. The van der Waals surface area contributed by atoms with E-state index in [0.29, 0.717) is 5.69 Å². The van der Waals surface area contributed by atoms with E-state index in [4.69, 9.17) is 59.9 Å². The second-order valence-corrected chi connectivity index (χ2v) is 14.2. The van der Waals surface area contributed by atoms with Gasteiger partial charge in [-0.05, 0) is 27.0 Å². The van der Waals surface area contributed by atoms with Crippen molar-refractivity contribution < 1.29 is 183 Å². The van der Waals surface area contributed by atoms with Gasteiger partial charge in [0.1, 0.15) is 42.4 Å². The first kappa shape index (κ1) is 93.8. The van der Waals surface area contributed by atoms with Gasteiger partial charge in [-0.25, -0.2) is 38.4 Å². The number of aromatic nitrogens is 4. The van der Waals surface area contributed by atoms with Gasteiger partial charge >= 0.3 is 107 Å². The van der Waals surface area contributed by atoms with Crippen molar-refractivity contribution in [2.24, 2.45) is 28.2 Å². The molecule has 1 radical (unpaired) electrons. The van der Waals surface area contributed by atoms with Crippen LogP contribution in [0.1, 0.15) is 81.9 Å². The number of esters is 3. The van der Waals surface area contributed by atoms with Crippen LogP contribution < -0.4 is 89.8 Å². The van der Waals surface area contributed by atoms with Crippen LogP contribution >= 0.6 is 12.6 Å². The van der Waals surface area contributed by atoms with Gasteiger partial charge < -0.3 is 97.3 Å². The maximum absolute atomic E-state index is 11.8. The number of hydrogen-bond donors (Lipinski definition) is 9. The number of aryl methyl sites for hydroxylation is 4. The number of thiol groups is 1. The third-order valence-electron chi connectivity index (χ3n) is 8.70. The Bertz CT molecular complexity index is 2780. The summed E-state index contributed by atoms with van der Waals surface area (Å²) in [7, 11) is 8.91. The topological polar surface area (TPSA) is 447 Å². The predicted octanol–water partition coefficient (Wildman–Crippen LogP) is -1.11. The molecule has 0 aliphatic heterocycles. The number of ether oxygens (including phenoxy) is 8. The van der Waals surface area contributed by atoms with Crippen molar-refractivity contribution in [3.63, 3.8) is 0 Å².